The van der Waals surface area contributed by atoms with Crippen LogP contribution in [0.3, 0.4) is 0 Å². The summed E-state index contributed by atoms with van der Waals surface area (Å²) in [5.74, 6) is 0.0569. The summed E-state index contributed by atoms with van der Waals surface area (Å²) in [6.45, 7) is 1.93. The van der Waals surface area contributed by atoms with E-state index >= 15 is 0 Å². The molecule has 0 aliphatic rings. The lowest BCUT2D eigenvalue weighted by atomic mass is 10.2. The van der Waals surface area contributed by atoms with Crippen molar-refractivity contribution in [1.29, 1.82) is 0 Å². The van der Waals surface area contributed by atoms with Crippen LogP contribution in [0.5, 0.6) is 0 Å². The van der Waals surface area contributed by atoms with Crippen LogP contribution >= 0.6 is 11.6 Å². The average Bonchev–Trinajstić information content (AvgIpc) is 3.11. The lowest BCUT2D eigenvalue weighted by Gasteiger charge is -2.21. The number of aromatic nitrogens is 2. The molecule has 0 bridgehead atoms. The standard InChI is InChI=1S/C19H18ClFN4O2/c1-12(18-23-24-19(27-18)13-5-3-6-14(20)9-13)25(2)11-17(26)22-16-8-4-7-15(21)10-16/h3-10,12H,11H2,1-2H3,(H,22,26)/t12-/m1/s1. The van der Waals surface area contributed by atoms with Crippen molar-refractivity contribution < 1.29 is 13.6 Å². The molecule has 2 aromatic carbocycles. The van der Waals surface area contributed by atoms with E-state index in [1.165, 1.54) is 18.2 Å². The van der Waals surface area contributed by atoms with Gasteiger partial charge in [0, 0.05) is 16.3 Å². The van der Waals surface area contributed by atoms with Crippen LogP contribution in [0.25, 0.3) is 11.5 Å². The van der Waals surface area contributed by atoms with E-state index in [2.05, 4.69) is 15.5 Å². The fourth-order valence-electron chi connectivity index (χ4n) is 2.46. The largest absolute Gasteiger partial charge is 0.419 e. The predicted octanol–water partition coefficient (Wildman–Crippen LogP) is 4.16. The first-order valence-electron chi connectivity index (χ1n) is 8.27. The van der Waals surface area contributed by atoms with Crippen molar-refractivity contribution in [2.75, 3.05) is 18.9 Å². The second kappa shape index (κ2) is 8.28. The predicted molar refractivity (Wildman–Crippen MR) is 101 cm³/mol. The van der Waals surface area contributed by atoms with E-state index in [1.54, 1.807) is 36.2 Å². The molecule has 1 aromatic heterocycles. The van der Waals surface area contributed by atoms with Gasteiger partial charge in [0.15, 0.2) is 0 Å². The van der Waals surface area contributed by atoms with Gasteiger partial charge >= 0.3 is 0 Å². The van der Waals surface area contributed by atoms with E-state index in [0.717, 1.165) is 5.56 Å². The Kier molecular flexibility index (Phi) is 5.83. The van der Waals surface area contributed by atoms with E-state index in [1.807, 2.05) is 13.0 Å². The molecule has 0 fully saturated rings. The van der Waals surface area contributed by atoms with Crippen LogP contribution < -0.4 is 5.32 Å². The molecule has 3 aromatic rings. The molecule has 0 aliphatic heterocycles. The minimum atomic E-state index is -0.408. The van der Waals surface area contributed by atoms with Gasteiger partial charge in [0.05, 0.1) is 12.6 Å². The number of likely N-dealkylation sites (N-methyl/N-ethyl adjacent to an activating group) is 1. The average molecular weight is 389 g/mol. The first-order chi connectivity index (χ1) is 12.9. The Morgan fingerprint density at radius 3 is 2.78 bits per heavy atom. The zero-order valence-corrected chi connectivity index (χ0v) is 15.6. The zero-order valence-electron chi connectivity index (χ0n) is 14.8. The number of carbonyl (C=O) groups excluding carboxylic acids is 1. The molecule has 140 valence electrons. The van der Waals surface area contributed by atoms with Crippen molar-refractivity contribution in [2.45, 2.75) is 13.0 Å². The van der Waals surface area contributed by atoms with Crippen molar-refractivity contribution in [3.63, 3.8) is 0 Å². The Morgan fingerprint density at radius 2 is 2.04 bits per heavy atom. The number of rotatable bonds is 6. The van der Waals surface area contributed by atoms with Gasteiger partial charge in [-0.05, 0) is 50.4 Å². The van der Waals surface area contributed by atoms with Gasteiger partial charge < -0.3 is 9.73 Å². The molecule has 0 aliphatic carbocycles. The Balaban J connectivity index is 1.63. The second-order valence-corrected chi connectivity index (χ2v) is 6.54. The van der Waals surface area contributed by atoms with Crippen LogP contribution in [0.1, 0.15) is 18.9 Å². The molecule has 0 saturated carbocycles. The molecule has 1 N–H and O–H groups in total. The Bertz CT molecular complexity index is 947. The lowest BCUT2D eigenvalue weighted by molar-refractivity contribution is -0.117. The number of benzene rings is 2. The van der Waals surface area contributed by atoms with E-state index in [0.29, 0.717) is 22.5 Å². The molecule has 3 rings (SSSR count). The molecule has 0 radical (unpaired) electrons. The Morgan fingerprint density at radius 1 is 1.26 bits per heavy atom. The number of nitrogens with zero attached hydrogens (tertiary/aromatic N) is 3. The number of anilines is 1. The SMILES string of the molecule is C[C@H](c1nnc(-c2cccc(Cl)c2)o1)N(C)CC(=O)Nc1cccc(F)c1. The van der Waals surface area contributed by atoms with Crippen LogP contribution in [0.15, 0.2) is 52.9 Å². The summed E-state index contributed by atoms with van der Waals surface area (Å²) in [5, 5.41) is 11.3. The van der Waals surface area contributed by atoms with Crippen molar-refractivity contribution in [3.05, 3.63) is 65.3 Å². The monoisotopic (exact) mass is 388 g/mol. The normalized spacial score (nSPS) is 12.2. The van der Waals surface area contributed by atoms with Crippen LogP contribution in [0, 0.1) is 5.82 Å². The summed E-state index contributed by atoms with van der Waals surface area (Å²) in [5.41, 5.74) is 1.13. The Hall–Kier alpha value is -2.77. The van der Waals surface area contributed by atoms with E-state index in [4.69, 9.17) is 16.0 Å². The first-order valence-corrected chi connectivity index (χ1v) is 8.65. The summed E-state index contributed by atoms with van der Waals surface area (Å²) in [7, 11) is 1.76. The summed E-state index contributed by atoms with van der Waals surface area (Å²) in [6, 6.07) is 12.6. The van der Waals surface area contributed by atoms with Gasteiger partial charge in [-0.3, -0.25) is 9.69 Å². The summed E-state index contributed by atoms with van der Waals surface area (Å²) in [4.78, 5) is 13.9. The number of halogens is 2. The van der Waals surface area contributed by atoms with Crippen molar-refractivity contribution in [1.82, 2.24) is 15.1 Å². The highest BCUT2D eigenvalue weighted by Crippen LogP contribution is 2.25. The van der Waals surface area contributed by atoms with Gasteiger partial charge in [-0.25, -0.2) is 4.39 Å². The molecule has 27 heavy (non-hydrogen) atoms. The highest BCUT2D eigenvalue weighted by atomic mass is 35.5. The van der Waals surface area contributed by atoms with E-state index in [9.17, 15) is 9.18 Å². The molecule has 1 atom stereocenters. The van der Waals surface area contributed by atoms with Gasteiger partial charge in [0.2, 0.25) is 17.7 Å². The number of nitrogens with one attached hydrogen (secondary N) is 1. The number of hydrogen-bond donors (Lipinski definition) is 1. The third kappa shape index (κ3) is 4.90. The maximum atomic E-state index is 13.2. The molecule has 0 saturated heterocycles. The quantitative estimate of drug-likeness (QED) is 0.686. The maximum Gasteiger partial charge on any atom is 0.247 e. The van der Waals surface area contributed by atoms with Crippen LogP contribution in [-0.2, 0) is 4.79 Å². The van der Waals surface area contributed by atoms with Crippen LogP contribution in [0.2, 0.25) is 5.02 Å². The number of carbonyl (C=O) groups is 1. The molecule has 0 unspecified atom stereocenters. The van der Waals surface area contributed by atoms with E-state index in [-0.39, 0.29) is 18.5 Å². The molecule has 0 spiro atoms. The van der Waals surface area contributed by atoms with Gasteiger partial charge in [0.25, 0.3) is 0 Å². The summed E-state index contributed by atoms with van der Waals surface area (Å²) in [6.07, 6.45) is 0. The van der Waals surface area contributed by atoms with Crippen molar-refractivity contribution >= 4 is 23.2 Å². The minimum absolute atomic E-state index is 0.0760. The van der Waals surface area contributed by atoms with Gasteiger partial charge in [0.1, 0.15) is 5.82 Å². The molecule has 1 amide bonds. The molecular formula is C19H18ClFN4O2. The number of hydrogen-bond acceptors (Lipinski definition) is 5. The highest BCUT2D eigenvalue weighted by molar-refractivity contribution is 6.30. The van der Waals surface area contributed by atoms with Gasteiger partial charge in [-0.1, -0.05) is 23.7 Å². The maximum absolute atomic E-state index is 13.2. The summed E-state index contributed by atoms with van der Waals surface area (Å²) < 4.78 is 18.9. The molecule has 1 heterocycles. The lowest BCUT2D eigenvalue weighted by Crippen LogP contribution is -2.32. The second-order valence-electron chi connectivity index (χ2n) is 6.11. The van der Waals surface area contributed by atoms with Crippen LogP contribution in [-0.4, -0.2) is 34.6 Å². The van der Waals surface area contributed by atoms with Crippen molar-refractivity contribution in [2.24, 2.45) is 0 Å². The topological polar surface area (TPSA) is 71.3 Å². The van der Waals surface area contributed by atoms with Gasteiger partial charge in [-0.15, -0.1) is 10.2 Å². The third-order valence-electron chi connectivity index (χ3n) is 4.03. The summed E-state index contributed by atoms with van der Waals surface area (Å²) >= 11 is 5.98. The molecule has 6 nitrogen and oxygen atoms in total. The third-order valence-corrected chi connectivity index (χ3v) is 4.27. The first kappa shape index (κ1) is 19.0. The van der Waals surface area contributed by atoms with Gasteiger partial charge in [-0.2, -0.15) is 0 Å². The minimum Gasteiger partial charge on any atom is -0.419 e. The number of amides is 1. The fraction of sp³-hybridized carbons (Fsp3) is 0.211. The highest BCUT2D eigenvalue weighted by Gasteiger charge is 2.21. The fourth-order valence-corrected chi connectivity index (χ4v) is 2.65. The van der Waals surface area contributed by atoms with Crippen molar-refractivity contribution in [3.8, 4) is 11.5 Å². The molecular weight excluding hydrogens is 371 g/mol. The van der Waals surface area contributed by atoms with E-state index < -0.39 is 5.82 Å². The smallest absolute Gasteiger partial charge is 0.247 e. The molecule has 8 heteroatoms. The Labute approximate surface area is 161 Å². The van der Waals surface area contributed by atoms with Crippen LogP contribution in [0.4, 0.5) is 10.1 Å². The zero-order chi connectivity index (χ0) is 19.4.